The highest BCUT2D eigenvalue weighted by Crippen LogP contribution is 2.64. The standard InChI is InChI=1S/C21H32O5/c1-13(18(3,4)23)6-7-14(2)20(24)9-8-15-16-12-17(22)26-21(16,25)11-10-19(15,20)5/h6-7,12-15,23-25H,8-11H2,1-5H3/b7-6+/t13?,14?,15-,19-,20-,21-/m0/s1. The molecule has 0 bridgehead atoms. The molecule has 5 nitrogen and oxygen atoms in total. The molecule has 0 aromatic carbocycles. The topological polar surface area (TPSA) is 87.0 Å². The van der Waals surface area contributed by atoms with Gasteiger partial charge in [-0.3, -0.25) is 0 Å². The van der Waals surface area contributed by atoms with Crippen LogP contribution in [0.3, 0.4) is 0 Å². The van der Waals surface area contributed by atoms with E-state index in [1.165, 1.54) is 6.08 Å². The van der Waals surface area contributed by atoms with Crippen molar-refractivity contribution in [3.8, 4) is 0 Å². The van der Waals surface area contributed by atoms with E-state index in [0.29, 0.717) is 24.8 Å². The summed E-state index contributed by atoms with van der Waals surface area (Å²) in [5.41, 5.74) is -1.54. The first-order valence-electron chi connectivity index (χ1n) is 9.64. The van der Waals surface area contributed by atoms with Crippen LogP contribution in [0.1, 0.15) is 60.3 Å². The third-order valence-corrected chi connectivity index (χ3v) is 7.48. The predicted octanol–water partition coefficient (Wildman–Crippen LogP) is 2.70. The Morgan fingerprint density at radius 2 is 1.88 bits per heavy atom. The highest BCUT2D eigenvalue weighted by atomic mass is 16.7. The van der Waals surface area contributed by atoms with Gasteiger partial charge in [-0.15, -0.1) is 0 Å². The molecule has 146 valence electrons. The van der Waals surface area contributed by atoms with E-state index in [4.69, 9.17) is 4.74 Å². The number of hydrogen-bond donors (Lipinski definition) is 3. The van der Waals surface area contributed by atoms with Gasteiger partial charge in [-0.1, -0.05) is 32.9 Å². The van der Waals surface area contributed by atoms with Crippen molar-refractivity contribution < 1.29 is 24.9 Å². The van der Waals surface area contributed by atoms with Gasteiger partial charge in [0.2, 0.25) is 5.79 Å². The van der Waals surface area contributed by atoms with E-state index in [1.54, 1.807) is 13.8 Å². The van der Waals surface area contributed by atoms with Crippen molar-refractivity contribution in [1.82, 2.24) is 0 Å². The molecule has 2 saturated carbocycles. The fraction of sp³-hybridized carbons (Fsp3) is 0.762. The number of carbonyl (C=O) groups is 1. The van der Waals surface area contributed by atoms with Gasteiger partial charge in [0, 0.05) is 35.3 Å². The van der Waals surface area contributed by atoms with Crippen LogP contribution in [0.15, 0.2) is 23.8 Å². The van der Waals surface area contributed by atoms with Gasteiger partial charge in [-0.2, -0.15) is 0 Å². The van der Waals surface area contributed by atoms with Crippen molar-refractivity contribution in [1.29, 1.82) is 0 Å². The summed E-state index contributed by atoms with van der Waals surface area (Å²) in [5.74, 6) is -2.18. The lowest BCUT2D eigenvalue weighted by Crippen LogP contribution is -2.54. The highest BCUT2D eigenvalue weighted by Gasteiger charge is 2.65. The number of esters is 1. The molecular formula is C21H32O5. The number of aliphatic hydroxyl groups is 3. The molecule has 2 unspecified atom stereocenters. The molecule has 5 heteroatoms. The van der Waals surface area contributed by atoms with E-state index in [0.717, 1.165) is 6.42 Å². The molecule has 1 aliphatic heterocycles. The minimum Gasteiger partial charge on any atom is -0.426 e. The third-order valence-electron chi connectivity index (χ3n) is 7.48. The molecule has 0 radical (unpaired) electrons. The van der Waals surface area contributed by atoms with Gasteiger partial charge >= 0.3 is 5.97 Å². The summed E-state index contributed by atoms with van der Waals surface area (Å²) in [7, 11) is 0. The molecule has 0 spiro atoms. The number of hydrogen-bond acceptors (Lipinski definition) is 5. The summed E-state index contributed by atoms with van der Waals surface area (Å²) in [6.07, 6.45) is 7.63. The van der Waals surface area contributed by atoms with Crippen LogP contribution in [0.5, 0.6) is 0 Å². The van der Waals surface area contributed by atoms with Crippen LogP contribution >= 0.6 is 0 Å². The molecule has 26 heavy (non-hydrogen) atoms. The maximum absolute atomic E-state index is 11.7. The fourth-order valence-electron chi connectivity index (χ4n) is 5.13. The zero-order valence-electron chi connectivity index (χ0n) is 16.5. The highest BCUT2D eigenvalue weighted by molar-refractivity contribution is 5.86. The van der Waals surface area contributed by atoms with Crippen molar-refractivity contribution in [3.05, 3.63) is 23.8 Å². The normalized spacial score (nSPS) is 42.2. The molecule has 2 aliphatic carbocycles. The SMILES string of the molecule is CC(/C=C/C(C)[C@@]1(O)CC[C@H]2C3=CC(=O)O[C@@]3(O)CC[C@@]21C)C(C)(C)O. The lowest BCUT2D eigenvalue weighted by molar-refractivity contribution is -0.204. The predicted molar refractivity (Wildman–Crippen MR) is 97.9 cm³/mol. The fourth-order valence-corrected chi connectivity index (χ4v) is 5.13. The zero-order valence-corrected chi connectivity index (χ0v) is 16.5. The summed E-state index contributed by atoms with van der Waals surface area (Å²) in [4.78, 5) is 11.7. The van der Waals surface area contributed by atoms with Crippen LogP contribution < -0.4 is 0 Å². The maximum Gasteiger partial charge on any atom is 0.333 e. The lowest BCUT2D eigenvalue weighted by Gasteiger charge is -2.51. The Bertz CT molecular complexity index is 660. The van der Waals surface area contributed by atoms with Crippen molar-refractivity contribution >= 4 is 5.97 Å². The first kappa shape index (κ1) is 19.6. The monoisotopic (exact) mass is 364 g/mol. The Morgan fingerprint density at radius 3 is 2.50 bits per heavy atom. The van der Waals surface area contributed by atoms with Crippen LogP contribution in [-0.4, -0.2) is 38.3 Å². The second kappa shape index (κ2) is 5.91. The number of fused-ring (bicyclic) bond motifs is 3. The molecule has 1 heterocycles. The van der Waals surface area contributed by atoms with Gasteiger partial charge in [0.05, 0.1) is 11.2 Å². The Hall–Kier alpha value is -1.17. The quantitative estimate of drug-likeness (QED) is 0.527. The van der Waals surface area contributed by atoms with E-state index in [2.05, 4.69) is 6.92 Å². The summed E-state index contributed by atoms with van der Waals surface area (Å²) in [6.45, 7) is 9.59. The number of ether oxygens (including phenoxy) is 1. The molecular weight excluding hydrogens is 332 g/mol. The lowest BCUT2D eigenvalue weighted by atomic mass is 9.57. The minimum absolute atomic E-state index is 0.0291. The molecule has 6 atom stereocenters. The van der Waals surface area contributed by atoms with Crippen LogP contribution in [0, 0.1) is 23.2 Å². The Kier molecular flexibility index (Phi) is 4.45. The number of rotatable bonds is 4. The molecule has 0 aromatic rings. The van der Waals surface area contributed by atoms with E-state index in [1.807, 2.05) is 26.0 Å². The molecule has 3 rings (SSSR count). The summed E-state index contributed by atoms with van der Waals surface area (Å²) >= 11 is 0. The average molecular weight is 364 g/mol. The van der Waals surface area contributed by atoms with Crippen LogP contribution in [-0.2, 0) is 9.53 Å². The smallest absolute Gasteiger partial charge is 0.333 e. The maximum atomic E-state index is 11.7. The molecule has 3 aliphatic rings. The first-order chi connectivity index (χ1) is 11.8. The average Bonchev–Trinajstić information content (AvgIpc) is 2.98. The van der Waals surface area contributed by atoms with Crippen LogP contribution in [0.4, 0.5) is 0 Å². The van der Waals surface area contributed by atoms with Crippen LogP contribution in [0.2, 0.25) is 0 Å². The van der Waals surface area contributed by atoms with E-state index < -0.39 is 28.4 Å². The Morgan fingerprint density at radius 1 is 1.23 bits per heavy atom. The van der Waals surface area contributed by atoms with E-state index in [-0.39, 0.29) is 17.8 Å². The largest absolute Gasteiger partial charge is 0.426 e. The van der Waals surface area contributed by atoms with Gasteiger partial charge < -0.3 is 20.1 Å². The molecule has 0 amide bonds. The van der Waals surface area contributed by atoms with Crippen molar-refractivity contribution in [2.24, 2.45) is 23.2 Å². The molecule has 0 aromatic heterocycles. The molecule has 3 N–H and O–H groups in total. The summed E-state index contributed by atoms with van der Waals surface area (Å²) < 4.78 is 5.15. The van der Waals surface area contributed by atoms with Gasteiger partial charge in [0.25, 0.3) is 0 Å². The minimum atomic E-state index is -1.49. The van der Waals surface area contributed by atoms with Gasteiger partial charge in [-0.05, 0) is 39.0 Å². The number of carbonyl (C=O) groups excluding carboxylic acids is 1. The zero-order chi connectivity index (χ0) is 19.5. The molecule has 0 saturated heterocycles. The van der Waals surface area contributed by atoms with E-state index >= 15 is 0 Å². The van der Waals surface area contributed by atoms with Gasteiger partial charge in [-0.25, -0.2) is 4.79 Å². The second-order valence-corrected chi connectivity index (χ2v) is 9.35. The summed E-state index contributed by atoms with van der Waals surface area (Å²) in [5, 5.41) is 32.5. The van der Waals surface area contributed by atoms with Crippen LogP contribution in [0.25, 0.3) is 0 Å². The van der Waals surface area contributed by atoms with Crippen molar-refractivity contribution in [2.45, 2.75) is 77.3 Å². The second-order valence-electron chi connectivity index (χ2n) is 9.35. The van der Waals surface area contributed by atoms with E-state index in [9.17, 15) is 20.1 Å². The van der Waals surface area contributed by atoms with Gasteiger partial charge in [0.15, 0.2) is 0 Å². The Balaban J connectivity index is 1.87. The van der Waals surface area contributed by atoms with Crippen molar-refractivity contribution in [2.75, 3.05) is 0 Å². The summed E-state index contributed by atoms with van der Waals surface area (Å²) in [6, 6.07) is 0. The van der Waals surface area contributed by atoms with Gasteiger partial charge in [0.1, 0.15) is 0 Å². The molecule has 2 fully saturated rings. The van der Waals surface area contributed by atoms with Crippen molar-refractivity contribution in [3.63, 3.8) is 0 Å². The third kappa shape index (κ3) is 2.76. The first-order valence-corrected chi connectivity index (χ1v) is 9.64. The Labute approximate surface area is 155 Å².